The Bertz CT molecular complexity index is 341. The van der Waals surface area contributed by atoms with Crippen LogP contribution < -0.4 is 0 Å². The van der Waals surface area contributed by atoms with Crippen molar-refractivity contribution in [3.05, 3.63) is 34.3 Å². The molecule has 0 heterocycles. The van der Waals surface area contributed by atoms with Gasteiger partial charge in [0.05, 0.1) is 12.4 Å². The molecule has 0 fully saturated rings. The second-order valence-electron chi connectivity index (χ2n) is 3.21. The van der Waals surface area contributed by atoms with Crippen LogP contribution in [0.5, 0.6) is 0 Å². The molecule has 0 aliphatic rings. The number of hydrogen-bond donors (Lipinski definition) is 1. The minimum absolute atomic E-state index is 0.0905. The number of halogens is 1. The number of Topliss-reactive ketones (excluding diaryl/α,β-unsaturated/α-hetero) is 1. The molecule has 0 saturated heterocycles. The van der Waals surface area contributed by atoms with Crippen molar-refractivity contribution in [1.82, 2.24) is 0 Å². The summed E-state index contributed by atoms with van der Waals surface area (Å²) >= 11 is 4.81. The normalized spacial score (nSPS) is 12.5. The van der Waals surface area contributed by atoms with Crippen LogP contribution >= 0.6 is 27.7 Å². The van der Waals surface area contributed by atoms with Gasteiger partial charge >= 0.3 is 0 Å². The first-order valence-corrected chi connectivity index (χ1v) is 6.49. The molecule has 2 nitrogen and oxygen atoms in total. The lowest BCUT2D eigenvalue weighted by Gasteiger charge is -2.07. The Hall–Kier alpha value is -0.320. The van der Waals surface area contributed by atoms with Crippen LogP contribution in [0, 0.1) is 0 Å². The lowest BCUT2D eigenvalue weighted by Crippen LogP contribution is -2.09. The Morgan fingerprint density at radius 2 is 2.20 bits per heavy atom. The van der Waals surface area contributed by atoms with Gasteiger partial charge in [0, 0.05) is 15.3 Å². The first-order valence-electron chi connectivity index (χ1n) is 4.65. The zero-order chi connectivity index (χ0) is 11.3. The maximum atomic E-state index is 11.8. The molecule has 0 aliphatic carbocycles. The lowest BCUT2D eigenvalue weighted by molar-refractivity contribution is 0.102. The summed E-state index contributed by atoms with van der Waals surface area (Å²) in [5.74, 6) is 0.498. The Morgan fingerprint density at radius 1 is 1.53 bits per heavy atom. The predicted octanol–water partition coefficient (Wildman–Crippen LogP) is 2.75. The summed E-state index contributed by atoms with van der Waals surface area (Å²) in [5.41, 5.74) is 0.704. The average Bonchev–Trinajstić information content (AvgIpc) is 2.26. The molecule has 0 radical (unpaired) electrons. The van der Waals surface area contributed by atoms with Gasteiger partial charge in [-0.25, -0.2) is 0 Å². The first-order chi connectivity index (χ1) is 7.15. The van der Waals surface area contributed by atoms with Crippen molar-refractivity contribution in [2.24, 2.45) is 0 Å². The first kappa shape index (κ1) is 12.7. The Labute approximate surface area is 102 Å². The molecular weight excluding hydrogens is 276 g/mol. The monoisotopic (exact) mass is 288 g/mol. The summed E-state index contributed by atoms with van der Waals surface area (Å²) in [7, 11) is 0. The third-order valence-electron chi connectivity index (χ3n) is 1.93. The van der Waals surface area contributed by atoms with E-state index in [4.69, 9.17) is 5.11 Å². The highest BCUT2D eigenvalue weighted by Gasteiger charge is 2.11. The number of benzene rings is 1. The summed E-state index contributed by atoms with van der Waals surface area (Å²) in [6, 6.07) is 7.38. The molecule has 0 spiro atoms. The number of aliphatic hydroxyl groups excluding tert-OH is 1. The number of carbonyl (C=O) groups is 1. The zero-order valence-electron chi connectivity index (χ0n) is 8.44. The number of rotatable bonds is 5. The number of carbonyl (C=O) groups excluding carboxylic acids is 1. The van der Waals surface area contributed by atoms with Crippen molar-refractivity contribution in [2.75, 3.05) is 12.4 Å². The summed E-state index contributed by atoms with van der Waals surface area (Å²) in [5, 5.41) is 8.94. The minimum atomic E-state index is 0.0905. The van der Waals surface area contributed by atoms with E-state index in [-0.39, 0.29) is 17.6 Å². The highest BCUT2D eigenvalue weighted by atomic mass is 79.9. The summed E-state index contributed by atoms with van der Waals surface area (Å²) in [6.45, 7) is 2.01. The van der Waals surface area contributed by atoms with Crippen LogP contribution in [0.4, 0.5) is 0 Å². The van der Waals surface area contributed by atoms with Gasteiger partial charge < -0.3 is 5.11 Å². The molecule has 1 rings (SSSR count). The third-order valence-corrected chi connectivity index (χ3v) is 3.77. The highest BCUT2D eigenvalue weighted by molar-refractivity contribution is 9.10. The van der Waals surface area contributed by atoms with Crippen LogP contribution in [-0.2, 0) is 0 Å². The molecule has 1 unspecified atom stereocenters. The quantitative estimate of drug-likeness (QED) is 0.847. The van der Waals surface area contributed by atoms with Gasteiger partial charge in [0.25, 0.3) is 0 Å². The molecule has 0 amide bonds. The zero-order valence-corrected chi connectivity index (χ0v) is 10.8. The van der Waals surface area contributed by atoms with Gasteiger partial charge in [-0.15, -0.1) is 11.8 Å². The van der Waals surface area contributed by atoms with Gasteiger partial charge in [-0.3, -0.25) is 4.79 Å². The number of ketones is 1. The molecule has 0 bridgehead atoms. The molecule has 15 heavy (non-hydrogen) atoms. The SMILES string of the molecule is CC(CO)SCC(=O)c1ccccc1Br. The summed E-state index contributed by atoms with van der Waals surface area (Å²) < 4.78 is 0.826. The molecule has 1 N–H and O–H groups in total. The molecule has 1 atom stereocenters. The van der Waals surface area contributed by atoms with E-state index in [1.807, 2.05) is 25.1 Å². The maximum Gasteiger partial charge on any atom is 0.173 e. The highest BCUT2D eigenvalue weighted by Crippen LogP contribution is 2.19. The predicted molar refractivity (Wildman–Crippen MR) is 67.5 cm³/mol. The summed E-state index contributed by atoms with van der Waals surface area (Å²) in [4.78, 5) is 11.8. The molecule has 82 valence electrons. The van der Waals surface area contributed by atoms with Crippen LogP contribution in [0.1, 0.15) is 17.3 Å². The minimum Gasteiger partial charge on any atom is -0.395 e. The third kappa shape index (κ3) is 3.97. The van der Waals surface area contributed by atoms with E-state index in [0.29, 0.717) is 11.3 Å². The second-order valence-corrected chi connectivity index (χ2v) is 5.49. The maximum absolute atomic E-state index is 11.8. The number of hydrogen-bond acceptors (Lipinski definition) is 3. The standard InChI is InChI=1S/C11H13BrO2S/c1-8(6-13)15-7-11(14)9-4-2-3-5-10(9)12/h2-5,8,13H,6-7H2,1H3. The van der Waals surface area contributed by atoms with E-state index >= 15 is 0 Å². The Kier molecular flexibility index (Phi) is 5.36. The van der Waals surface area contributed by atoms with Crippen molar-refractivity contribution in [3.63, 3.8) is 0 Å². The lowest BCUT2D eigenvalue weighted by atomic mass is 10.1. The Morgan fingerprint density at radius 3 is 2.80 bits per heavy atom. The largest absolute Gasteiger partial charge is 0.395 e. The van der Waals surface area contributed by atoms with Crippen LogP contribution in [0.15, 0.2) is 28.7 Å². The fourth-order valence-electron chi connectivity index (χ4n) is 1.04. The number of aliphatic hydroxyl groups is 1. The van der Waals surface area contributed by atoms with Crippen LogP contribution in [0.3, 0.4) is 0 Å². The van der Waals surface area contributed by atoms with E-state index in [2.05, 4.69) is 15.9 Å². The van der Waals surface area contributed by atoms with Gasteiger partial charge in [-0.2, -0.15) is 0 Å². The second kappa shape index (κ2) is 6.30. The van der Waals surface area contributed by atoms with Crippen molar-refractivity contribution in [1.29, 1.82) is 0 Å². The van der Waals surface area contributed by atoms with Gasteiger partial charge in [0.2, 0.25) is 0 Å². The Balaban J connectivity index is 2.58. The topological polar surface area (TPSA) is 37.3 Å². The van der Waals surface area contributed by atoms with E-state index in [1.165, 1.54) is 11.8 Å². The fraction of sp³-hybridized carbons (Fsp3) is 0.364. The van der Waals surface area contributed by atoms with Crippen LogP contribution in [0.25, 0.3) is 0 Å². The molecular formula is C11H13BrO2S. The number of thioether (sulfide) groups is 1. The molecule has 0 aliphatic heterocycles. The van der Waals surface area contributed by atoms with E-state index in [9.17, 15) is 4.79 Å². The van der Waals surface area contributed by atoms with Gasteiger partial charge in [0.15, 0.2) is 5.78 Å². The molecule has 0 aromatic heterocycles. The smallest absolute Gasteiger partial charge is 0.173 e. The van der Waals surface area contributed by atoms with Crippen molar-refractivity contribution >= 4 is 33.5 Å². The van der Waals surface area contributed by atoms with Gasteiger partial charge in [0.1, 0.15) is 0 Å². The van der Waals surface area contributed by atoms with Crippen molar-refractivity contribution < 1.29 is 9.90 Å². The van der Waals surface area contributed by atoms with Crippen molar-refractivity contribution in [2.45, 2.75) is 12.2 Å². The van der Waals surface area contributed by atoms with E-state index in [0.717, 1.165) is 4.47 Å². The average molecular weight is 289 g/mol. The fourth-order valence-corrected chi connectivity index (χ4v) is 2.24. The van der Waals surface area contributed by atoms with Crippen LogP contribution in [-0.4, -0.2) is 28.5 Å². The summed E-state index contributed by atoms with van der Waals surface area (Å²) in [6.07, 6.45) is 0. The van der Waals surface area contributed by atoms with Crippen LogP contribution in [0.2, 0.25) is 0 Å². The van der Waals surface area contributed by atoms with Crippen molar-refractivity contribution in [3.8, 4) is 0 Å². The van der Waals surface area contributed by atoms with Gasteiger partial charge in [-0.1, -0.05) is 41.1 Å². The van der Waals surface area contributed by atoms with Gasteiger partial charge in [-0.05, 0) is 6.07 Å². The molecule has 0 saturated carbocycles. The van der Waals surface area contributed by atoms with E-state index < -0.39 is 0 Å². The van der Waals surface area contributed by atoms with E-state index in [1.54, 1.807) is 6.07 Å². The molecule has 4 heteroatoms. The molecule has 1 aromatic carbocycles. The molecule has 1 aromatic rings.